The van der Waals surface area contributed by atoms with Crippen LogP contribution < -0.4 is 0 Å². The van der Waals surface area contributed by atoms with Gasteiger partial charge >= 0.3 is 0 Å². The number of nitrogens with zero attached hydrogens (tertiary/aromatic N) is 3. The average Bonchev–Trinajstić information content (AvgIpc) is 3.99. The fraction of sp³-hybridized carbons (Fsp3) is 0.0526. The zero-order valence-electron chi connectivity index (χ0n) is 33.8. The van der Waals surface area contributed by atoms with Crippen molar-refractivity contribution >= 4 is 104 Å². The molecular weight excluding hydrogens is 759 g/mol. The van der Waals surface area contributed by atoms with Crippen LogP contribution in [0.1, 0.15) is 30.0 Å². The molecule has 1 aliphatic heterocycles. The van der Waals surface area contributed by atoms with Crippen LogP contribution in [0.25, 0.3) is 98.6 Å². The first kappa shape index (κ1) is 34.8. The van der Waals surface area contributed by atoms with Gasteiger partial charge in [-0.3, -0.25) is 0 Å². The second-order valence-electron chi connectivity index (χ2n) is 16.5. The molecule has 0 spiro atoms. The van der Waals surface area contributed by atoms with Crippen molar-refractivity contribution in [3.05, 3.63) is 205 Å². The zero-order chi connectivity index (χ0) is 40.9. The molecule has 0 amide bonds. The van der Waals surface area contributed by atoms with Crippen molar-refractivity contribution in [1.82, 2.24) is 4.57 Å². The van der Waals surface area contributed by atoms with Crippen LogP contribution in [0.4, 0.5) is 0 Å². The third-order valence-electron chi connectivity index (χ3n) is 12.8. The minimum Gasteiger partial charge on any atom is -0.456 e. The van der Waals surface area contributed by atoms with E-state index in [2.05, 4.69) is 181 Å². The highest BCUT2D eigenvalue weighted by Gasteiger charge is 2.25. The van der Waals surface area contributed by atoms with Crippen molar-refractivity contribution in [2.45, 2.75) is 13.3 Å². The molecule has 1 aliphatic rings. The van der Waals surface area contributed by atoms with Crippen LogP contribution in [-0.4, -0.2) is 16.1 Å². The normalized spacial score (nSPS) is 15.8. The fourth-order valence-corrected chi connectivity index (χ4v) is 9.86. The van der Waals surface area contributed by atoms with Gasteiger partial charge in [0.25, 0.3) is 0 Å². The first-order valence-corrected chi connectivity index (χ1v) is 21.3. The molecule has 1 unspecified atom stereocenters. The number of aromatic nitrogens is 1. The molecule has 62 heavy (non-hydrogen) atoms. The Labute approximate surface area is 356 Å². The largest absolute Gasteiger partial charge is 0.456 e. The Morgan fingerprint density at radius 2 is 1.18 bits per heavy atom. The molecule has 0 saturated heterocycles. The molecule has 4 heterocycles. The third kappa shape index (κ3) is 5.28. The maximum absolute atomic E-state index is 7.04. The summed E-state index contributed by atoms with van der Waals surface area (Å²) < 4.78 is 15.7. The Balaban J connectivity index is 1.10. The number of benzene rings is 9. The van der Waals surface area contributed by atoms with Crippen molar-refractivity contribution in [1.29, 1.82) is 0 Å². The van der Waals surface area contributed by atoms with E-state index in [0.717, 1.165) is 95.1 Å². The summed E-state index contributed by atoms with van der Waals surface area (Å²) in [6.07, 6.45) is 3.06. The van der Waals surface area contributed by atoms with Crippen molar-refractivity contribution in [2.24, 2.45) is 15.9 Å². The van der Waals surface area contributed by atoms with Gasteiger partial charge in [-0.05, 0) is 94.2 Å². The maximum Gasteiger partial charge on any atom is 0.160 e. The smallest absolute Gasteiger partial charge is 0.160 e. The highest BCUT2D eigenvalue weighted by Crippen LogP contribution is 2.43. The molecule has 0 bridgehead atoms. The van der Waals surface area contributed by atoms with Gasteiger partial charge in [0.15, 0.2) is 11.4 Å². The number of para-hydroxylation sites is 2. The van der Waals surface area contributed by atoms with E-state index in [9.17, 15) is 0 Å². The Bertz CT molecular complexity index is 3910. The standard InChI is InChI=1S/C57H37N3O2/c1-34-23-27-46(39-25-30-52-44(32-39)41-19-9-11-21-50(41)61-52)58-57(59-55(34)36-14-3-2-4-15-36)43-26-29-48(56-54(43)42-20-10-12-22-51(42)62-56)60-47-28-24-35-13-7-8-18-40(35)53(47)45-31-37-16-5-6-17-38(37)33-49(45)60/h2-22,24-34H,23H2,1H3/b46-27+,58-57?,59-55?. The molecular formula is C57H37N3O2. The maximum atomic E-state index is 7.04. The van der Waals surface area contributed by atoms with Crippen LogP contribution in [0.5, 0.6) is 0 Å². The number of hydrogen-bond donors (Lipinski definition) is 0. The van der Waals surface area contributed by atoms with E-state index in [1.165, 1.54) is 32.3 Å². The summed E-state index contributed by atoms with van der Waals surface area (Å²) in [6, 6.07) is 64.4. The molecule has 0 fully saturated rings. The van der Waals surface area contributed by atoms with E-state index in [1.807, 2.05) is 18.2 Å². The number of allylic oxidation sites excluding steroid dienone is 1. The number of aliphatic imine (C=N–C) groups is 2. The van der Waals surface area contributed by atoms with E-state index in [1.54, 1.807) is 0 Å². The second-order valence-corrected chi connectivity index (χ2v) is 16.5. The predicted molar refractivity (Wildman–Crippen MR) is 258 cm³/mol. The summed E-state index contributed by atoms with van der Waals surface area (Å²) in [4.78, 5) is 11.2. The van der Waals surface area contributed by atoms with Gasteiger partial charge in [0, 0.05) is 49.4 Å². The fourth-order valence-electron chi connectivity index (χ4n) is 9.86. The van der Waals surface area contributed by atoms with Crippen LogP contribution in [-0.2, 0) is 0 Å². The Hall–Kier alpha value is -8.02. The topological polar surface area (TPSA) is 55.9 Å². The molecule has 0 aliphatic carbocycles. The molecule has 1 atom stereocenters. The van der Waals surface area contributed by atoms with Crippen molar-refractivity contribution < 1.29 is 8.83 Å². The quantitative estimate of drug-likeness (QED) is 0.178. The molecule has 0 radical (unpaired) electrons. The van der Waals surface area contributed by atoms with E-state index in [0.29, 0.717) is 5.84 Å². The molecule has 3 aromatic heterocycles. The summed E-state index contributed by atoms with van der Waals surface area (Å²) in [5.74, 6) is 0.760. The Kier molecular flexibility index (Phi) is 7.58. The van der Waals surface area contributed by atoms with Gasteiger partial charge < -0.3 is 13.4 Å². The number of fused-ring (bicyclic) bond motifs is 12. The molecule has 292 valence electrons. The molecule has 12 aromatic rings. The lowest BCUT2D eigenvalue weighted by atomic mass is 9.93. The van der Waals surface area contributed by atoms with Gasteiger partial charge in [0.2, 0.25) is 0 Å². The molecule has 9 aromatic carbocycles. The van der Waals surface area contributed by atoms with E-state index in [-0.39, 0.29) is 5.92 Å². The predicted octanol–water partition coefficient (Wildman–Crippen LogP) is 15.2. The van der Waals surface area contributed by atoms with Crippen molar-refractivity contribution in [3.63, 3.8) is 0 Å². The summed E-state index contributed by atoms with van der Waals surface area (Å²) in [6.45, 7) is 2.26. The summed E-state index contributed by atoms with van der Waals surface area (Å²) in [5.41, 5.74) is 11.4. The van der Waals surface area contributed by atoms with Crippen molar-refractivity contribution in [2.75, 3.05) is 0 Å². The molecule has 5 heteroatoms. The summed E-state index contributed by atoms with van der Waals surface area (Å²) >= 11 is 0. The zero-order valence-corrected chi connectivity index (χ0v) is 33.8. The number of rotatable bonds is 4. The minimum absolute atomic E-state index is 0.120. The minimum atomic E-state index is 0.120. The van der Waals surface area contributed by atoms with Crippen LogP contribution in [0.15, 0.2) is 207 Å². The van der Waals surface area contributed by atoms with Gasteiger partial charge in [-0.25, -0.2) is 9.98 Å². The van der Waals surface area contributed by atoms with Gasteiger partial charge in [0.1, 0.15) is 16.7 Å². The van der Waals surface area contributed by atoms with Crippen LogP contribution in [0, 0.1) is 5.92 Å². The first-order valence-electron chi connectivity index (χ1n) is 21.3. The highest BCUT2D eigenvalue weighted by molar-refractivity contribution is 6.26. The van der Waals surface area contributed by atoms with E-state index >= 15 is 0 Å². The molecule has 0 N–H and O–H groups in total. The van der Waals surface area contributed by atoms with Gasteiger partial charge in [-0.1, -0.05) is 134 Å². The second kappa shape index (κ2) is 13.5. The van der Waals surface area contributed by atoms with Gasteiger partial charge in [-0.15, -0.1) is 0 Å². The highest BCUT2D eigenvalue weighted by atomic mass is 16.3. The lowest BCUT2D eigenvalue weighted by molar-refractivity contribution is 0.666. The summed E-state index contributed by atoms with van der Waals surface area (Å²) in [5, 5.41) is 11.4. The van der Waals surface area contributed by atoms with Crippen LogP contribution in [0.3, 0.4) is 0 Å². The van der Waals surface area contributed by atoms with Crippen LogP contribution >= 0.6 is 0 Å². The SMILES string of the molecule is CC1C/C=C(\c2ccc3oc4ccccc4c3c2)N=C(c2ccc(-n3c4cc5ccccc5cc4c4c5ccccc5ccc43)c3oc4ccccc4c23)N=C1c1ccccc1. The number of amidine groups is 1. The summed E-state index contributed by atoms with van der Waals surface area (Å²) in [7, 11) is 0. The number of furan rings is 2. The average molecular weight is 796 g/mol. The monoisotopic (exact) mass is 795 g/mol. The first-order chi connectivity index (χ1) is 30.6. The molecule has 13 rings (SSSR count). The van der Waals surface area contributed by atoms with Crippen LogP contribution in [0.2, 0.25) is 0 Å². The molecule has 5 nitrogen and oxygen atoms in total. The van der Waals surface area contributed by atoms with Gasteiger partial charge in [0.05, 0.1) is 28.1 Å². The number of hydrogen-bond acceptors (Lipinski definition) is 4. The van der Waals surface area contributed by atoms with Crippen molar-refractivity contribution in [3.8, 4) is 5.69 Å². The molecule has 0 saturated carbocycles. The Morgan fingerprint density at radius 3 is 2.02 bits per heavy atom. The van der Waals surface area contributed by atoms with E-state index in [4.69, 9.17) is 18.8 Å². The van der Waals surface area contributed by atoms with Gasteiger partial charge in [-0.2, -0.15) is 0 Å². The lowest BCUT2D eigenvalue weighted by Gasteiger charge is -2.19. The lowest BCUT2D eigenvalue weighted by Crippen LogP contribution is -2.17. The Morgan fingerprint density at radius 1 is 0.484 bits per heavy atom. The van der Waals surface area contributed by atoms with E-state index < -0.39 is 0 Å². The third-order valence-corrected chi connectivity index (χ3v) is 12.8.